The molecule has 0 atom stereocenters. The third-order valence-electron chi connectivity index (χ3n) is 5.92. The Labute approximate surface area is 201 Å². The van der Waals surface area contributed by atoms with Crippen LogP contribution in [0.5, 0.6) is 11.5 Å². The maximum atomic E-state index is 13.8. The zero-order chi connectivity index (χ0) is 24.2. The van der Waals surface area contributed by atoms with Gasteiger partial charge in [-0.3, -0.25) is 4.79 Å². The van der Waals surface area contributed by atoms with Crippen LogP contribution in [0.1, 0.15) is 15.9 Å². The second-order valence-electron chi connectivity index (χ2n) is 8.12. The van der Waals surface area contributed by atoms with E-state index in [4.69, 9.17) is 9.47 Å². The van der Waals surface area contributed by atoms with Gasteiger partial charge >= 0.3 is 6.03 Å². The van der Waals surface area contributed by atoms with E-state index in [0.717, 1.165) is 0 Å². The van der Waals surface area contributed by atoms with Gasteiger partial charge in [-0.25, -0.2) is 14.2 Å². The molecule has 3 amide bonds. The number of rotatable bonds is 5. The van der Waals surface area contributed by atoms with Gasteiger partial charge < -0.3 is 29.9 Å². The summed E-state index contributed by atoms with van der Waals surface area (Å²) in [6.07, 6.45) is 1.67. The van der Waals surface area contributed by atoms with E-state index >= 15 is 0 Å². The van der Waals surface area contributed by atoms with Crippen molar-refractivity contribution in [2.45, 2.75) is 6.54 Å². The number of benzene rings is 2. The number of hydrogen-bond donors (Lipinski definition) is 2. The number of aromatic nitrogens is 1. The molecule has 3 heterocycles. The van der Waals surface area contributed by atoms with Crippen molar-refractivity contribution in [3.8, 4) is 11.5 Å². The summed E-state index contributed by atoms with van der Waals surface area (Å²) >= 11 is 0. The molecule has 9 nitrogen and oxygen atoms in total. The van der Waals surface area contributed by atoms with Crippen LogP contribution in [-0.4, -0.2) is 54.8 Å². The fourth-order valence-corrected chi connectivity index (χ4v) is 4.02. The lowest BCUT2D eigenvalue weighted by molar-refractivity contribution is 0.102. The fraction of sp³-hybridized carbons (Fsp3) is 0.240. The number of carbonyl (C=O) groups excluding carboxylic acids is 2. The molecule has 2 aromatic carbocycles. The Kier molecular flexibility index (Phi) is 6.34. The number of nitrogens with zero attached hydrogens (tertiary/aromatic N) is 3. The Morgan fingerprint density at radius 2 is 1.77 bits per heavy atom. The number of amides is 3. The molecule has 2 aliphatic heterocycles. The quantitative estimate of drug-likeness (QED) is 0.586. The average molecular weight is 477 g/mol. The van der Waals surface area contributed by atoms with Crippen LogP contribution in [0.4, 0.5) is 20.7 Å². The minimum atomic E-state index is -0.344. The number of ether oxygens (including phenoxy) is 2. The largest absolute Gasteiger partial charge is 0.454 e. The Morgan fingerprint density at radius 1 is 0.971 bits per heavy atom. The van der Waals surface area contributed by atoms with Crippen molar-refractivity contribution < 1.29 is 23.5 Å². The molecule has 1 aromatic heterocycles. The zero-order valence-corrected chi connectivity index (χ0v) is 18.9. The van der Waals surface area contributed by atoms with Gasteiger partial charge in [0, 0.05) is 50.0 Å². The second kappa shape index (κ2) is 9.88. The molecule has 0 radical (unpaired) electrons. The third kappa shape index (κ3) is 4.96. The predicted octanol–water partition coefficient (Wildman–Crippen LogP) is 3.23. The van der Waals surface area contributed by atoms with Crippen LogP contribution in [0.25, 0.3) is 0 Å². The van der Waals surface area contributed by atoms with Gasteiger partial charge in [0.05, 0.1) is 5.69 Å². The molecule has 10 heteroatoms. The molecular weight excluding hydrogens is 453 g/mol. The molecule has 35 heavy (non-hydrogen) atoms. The highest BCUT2D eigenvalue weighted by Gasteiger charge is 2.24. The lowest BCUT2D eigenvalue weighted by Gasteiger charge is -2.36. The number of urea groups is 1. The minimum absolute atomic E-state index is 0.127. The third-order valence-corrected chi connectivity index (χ3v) is 5.92. The van der Waals surface area contributed by atoms with Crippen molar-refractivity contribution in [2.75, 3.05) is 43.2 Å². The first-order valence-electron chi connectivity index (χ1n) is 11.3. The van der Waals surface area contributed by atoms with Crippen molar-refractivity contribution >= 4 is 23.4 Å². The van der Waals surface area contributed by atoms with Crippen molar-refractivity contribution in [3.63, 3.8) is 0 Å². The van der Waals surface area contributed by atoms with Crippen molar-refractivity contribution in [1.82, 2.24) is 15.2 Å². The zero-order valence-electron chi connectivity index (χ0n) is 18.9. The number of anilines is 2. The van der Waals surface area contributed by atoms with E-state index in [1.54, 1.807) is 59.6 Å². The van der Waals surface area contributed by atoms with Gasteiger partial charge in [-0.05, 0) is 36.4 Å². The molecule has 3 aromatic rings. The summed E-state index contributed by atoms with van der Waals surface area (Å²) in [6, 6.07) is 14.7. The number of hydrogen-bond acceptors (Lipinski definition) is 6. The summed E-state index contributed by atoms with van der Waals surface area (Å²) in [5.74, 6) is 1.15. The van der Waals surface area contributed by atoms with Crippen LogP contribution >= 0.6 is 0 Å². The van der Waals surface area contributed by atoms with E-state index in [-0.39, 0.29) is 31.1 Å². The number of fused-ring (bicyclic) bond motifs is 1. The Bertz CT molecular complexity index is 1250. The first kappa shape index (κ1) is 22.5. The Morgan fingerprint density at radius 3 is 2.60 bits per heavy atom. The lowest BCUT2D eigenvalue weighted by atomic mass is 10.2. The normalized spacial score (nSPS) is 14.5. The van der Waals surface area contributed by atoms with E-state index in [0.29, 0.717) is 60.3 Å². The Hall–Kier alpha value is -4.34. The summed E-state index contributed by atoms with van der Waals surface area (Å²) in [4.78, 5) is 33.6. The van der Waals surface area contributed by atoms with Crippen LogP contribution in [0, 0.1) is 5.82 Å². The smallest absolute Gasteiger partial charge is 0.317 e. The van der Waals surface area contributed by atoms with E-state index < -0.39 is 0 Å². The molecule has 0 unspecified atom stereocenters. The van der Waals surface area contributed by atoms with Crippen molar-refractivity contribution in [3.05, 3.63) is 77.7 Å². The lowest BCUT2D eigenvalue weighted by Crippen LogP contribution is -2.52. The first-order valence-corrected chi connectivity index (χ1v) is 11.3. The molecule has 0 spiro atoms. The number of nitrogens with one attached hydrogen (secondary N) is 2. The molecular formula is C25H24FN5O4. The molecule has 5 rings (SSSR count). The highest BCUT2D eigenvalue weighted by Crippen LogP contribution is 2.33. The van der Waals surface area contributed by atoms with Gasteiger partial charge in [-0.2, -0.15) is 0 Å². The molecule has 1 saturated heterocycles. The molecule has 1 fully saturated rings. The van der Waals surface area contributed by atoms with Gasteiger partial charge in [0.25, 0.3) is 5.91 Å². The average Bonchev–Trinajstić information content (AvgIpc) is 3.36. The molecule has 0 aliphatic carbocycles. The van der Waals surface area contributed by atoms with E-state index in [1.165, 1.54) is 6.07 Å². The van der Waals surface area contributed by atoms with Gasteiger partial charge in [0.2, 0.25) is 6.79 Å². The highest BCUT2D eigenvalue weighted by molar-refractivity contribution is 6.06. The SMILES string of the molecule is O=C(Nc1cccnc1N1CCN(C(=O)NCc2ccccc2F)CC1)c1ccc2c(c1)OCO2. The van der Waals surface area contributed by atoms with Crippen molar-refractivity contribution in [2.24, 2.45) is 0 Å². The summed E-state index contributed by atoms with van der Waals surface area (Å²) in [5, 5.41) is 5.70. The van der Waals surface area contributed by atoms with Gasteiger partial charge in [0.15, 0.2) is 17.3 Å². The maximum absolute atomic E-state index is 13.8. The summed E-state index contributed by atoms with van der Waals surface area (Å²) in [7, 11) is 0. The van der Waals surface area contributed by atoms with Crippen LogP contribution in [0.15, 0.2) is 60.8 Å². The standard InChI is InChI=1S/C25H24FN5O4/c26-19-5-2-1-4-18(19)15-28-25(33)31-12-10-30(11-13-31)23-20(6-3-9-27-23)29-24(32)17-7-8-21-22(14-17)35-16-34-21/h1-9,14H,10-13,15-16H2,(H,28,33)(H,29,32). The van der Waals surface area contributed by atoms with Crippen LogP contribution in [0.2, 0.25) is 0 Å². The first-order chi connectivity index (χ1) is 17.1. The molecule has 0 saturated carbocycles. The summed E-state index contributed by atoms with van der Waals surface area (Å²) in [6.45, 7) is 2.28. The number of halogens is 1. The fourth-order valence-electron chi connectivity index (χ4n) is 4.02. The predicted molar refractivity (Wildman–Crippen MR) is 127 cm³/mol. The molecule has 2 aliphatic rings. The number of pyridine rings is 1. The molecule has 0 bridgehead atoms. The van der Waals surface area contributed by atoms with E-state index in [1.807, 2.05) is 4.90 Å². The number of carbonyl (C=O) groups is 2. The van der Waals surface area contributed by atoms with Gasteiger partial charge in [-0.15, -0.1) is 0 Å². The molecule has 2 N–H and O–H groups in total. The van der Waals surface area contributed by atoms with Crippen LogP contribution < -0.4 is 25.0 Å². The molecule has 180 valence electrons. The van der Waals surface area contributed by atoms with Crippen molar-refractivity contribution in [1.29, 1.82) is 0 Å². The van der Waals surface area contributed by atoms with Crippen LogP contribution in [0.3, 0.4) is 0 Å². The highest BCUT2D eigenvalue weighted by atomic mass is 19.1. The Balaban J connectivity index is 1.19. The monoisotopic (exact) mass is 477 g/mol. The summed E-state index contributed by atoms with van der Waals surface area (Å²) in [5.41, 5.74) is 1.46. The minimum Gasteiger partial charge on any atom is -0.454 e. The van der Waals surface area contributed by atoms with E-state index in [9.17, 15) is 14.0 Å². The van der Waals surface area contributed by atoms with E-state index in [2.05, 4.69) is 15.6 Å². The maximum Gasteiger partial charge on any atom is 0.317 e. The van der Waals surface area contributed by atoms with Crippen LogP contribution in [-0.2, 0) is 6.54 Å². The second-order valence-corrected chi connectivity index (χ2v) is 8.12. The van der Waals surface area contributed by atoms with Gasteiger partial charge in [0.1, 0.15) is 5.82 Å². The summed E-state index contributed by atoms with van der Waals surface area (Å²) < 4.78 is 24.5. The number of piperazine rings is 1. The van der Waals surface area contributed by atoms with Gasteiger partial charge in [-0.1, -0.05) is 18.2 Å². The topological polar surface area (TPSA) is 96.0 Å².